The van der Waals surface area contributed by atoms with E-state index < -0.39 is 0 Å². The molecule has 4 aromatic rings. The molecule has 0 spiro atoms. The second-order valence-electron chi connectivity index (χ2n) is 10.4. The van der Waals surface area contributed by atoms with Crippen LogP contribution in [-0.4, -0.2) is 52.9 Å². The number of H-pyrrole nitrogens is 1. The molecular weight excluding hydrogens is 530 g/mol. The molecule has 0 atom stereocenters. The van der Waals surface area contributed by atoms with Gasteiger partial charge in [0.25, 0.3) is 11.8 Å². The van der Waals surface area contributed by atoms with Gasteiger partial charge in [-0.05, 0) is 63.6 Å². The SMILES string of the molecule is CCCN(CCC)CCNC(=O)c1c(C)[nH]c(C=C2C(=O)Nc3ccc(-c4csc(-c5ccccc5)n4)cc32)c1C. The van der Waals surface area contributed by atoms with Crippen LogP contribution < -0.4 is 10.6 Å². The lowest BCUT2D eigenvalue weighted by atomic mass is 10.0. The van der Waals surface area contributed by atoms with Crippen LogP contribution in [0.1, 0.15) is 59.6 Å². The zero-order chi connectivity index (χ0) is 28.9. The molecule has 7 nitrogen and oxygen atoms in total. The van der Waals surface area contributed by atoms with E-state index in [9.17, 15) is 9.59 Å². The van der Waals surface area contributed by atoms with Crippen molar-refractivity contribution in [2.75, 3.05) is 31.5 Å². The summed E-state index contributed by atoms with van der Waals surface area (Å²) in [6, 6.07) is 16.0. The monoisotopic (exact) mass is 567 g/mol. The van der Waals surface area contributed by atoms with Crippen LogP contribution in [0.5, 0.6) is 0 Å². The molecule has 8 heteroatoms. The fourth-order valence-corrected chi connectivity index (χ4v) is 6.23. The van der Waals surface area contributed by atoms with Crippen molar-refractivity contribution >= 4 is 40.5 Å². The molecule has 41 heavy (non-hydrogen) atoms. The van der Waals surface area contributed by atoms with Crippen molar-refractivity contribution in [3.63, 3.8) is 0 Å². The molecule has 3 heterocycles. The van der Waals surface area contributed by atoms with E-state index in [2.05, 4.69) is 46.5 Å². The number of hydrogen-bond donors (Lipinski definition) is 3. The predicted octanol–water partition coefficient (Wildman–Crippen LogP) is 6.77. The number of fused-ring (bicyclic) bond motifs is 1. The minimum atomic E-state index is -0.162. The predicted molar refractivity (Wildman–Crippen MR) is 169 cm³/mol. The molecule has 5 rings (SSSR count). The fourth-order valence-electron chi connectivity index (χ4n) is 5.40. The number of nitrogens with zero attached hydrogens (tertiary/aromatic N) is 2. The molecule has 212 valence electrons. The Bertz CT molecular complexity index is 1580. The molecule has 1 aliphatic heterocycles. The van der Waals surface area contributed by atoms with Gasteiger partial charge in [-0.2, -0.15) is 0 Å². The van der Waals surface area contributed by atoms with E-state index in [4.69, 9.17) is 4.98 Å². The van der Waals surface area contributed by atoms with E-state index in [0.717, 1.165) is 82.5 Å². The molecule has 2 aromatic carbocycles. The average Bonchev–Trinajstić information content (AvgIpc) is 3.65. The maximum Gasteiger partial charge on any atom is 0.256 e. The molecule has 0 fully saturated rings. The maximum atomic E-state index is 13.1. The van der Waals surface area contributed by atoms with Gasteiger partial charge in [-0.25, -0.2) is 4.98 Å². The molecule has 0 radical (unpaired) electrons. The van der Waals surface area contributed by atoms with E-state index in [0.29, 0.717) is 17.7 Å². The third-order valence-electron chi connectivity index (χ3n) is 7.41. The Labute approximate surface area is 245 Å². The number of hydrogen-bond acceptors (Lipinski definition) is 5. The van der Waals surface area contributed by atoms with Crippen molar-refractivity contribution in [1.29, 1.82) is 0 Å². The highest BCUT2D eigenvalue weighted by atomic mass is 32.1. The van der Waals surface area contributed by atoms with Gasteiger partial charge in [0, 0.05) is 52.2 Å². The number of amides is 2. The second kappa shape index (κ2) is 12.7. The first-order valence-electron chi connectivity index (χ1n) is 14.3. The fraction of sp³-hybridized carbons (Fsp3) is 0.303. The Balaban J connectivity index is 1.37. The number of rotatable bonds is 11. The number of benzene rings is 2. The van der Waals surface area contributed by atoms with Crippen LogP contribution in [0.2, 0.25) is 0 Å². The summed E-state index contributed by atoms with van der Waals surface area (Å²) in [6.45, 7) is 11.7. The van der Waals surface area contributed by atoms with Crippen LogP contribution in [0.25, 0.3) is 33.5 Å². The largest absolute Gasteiger partial charge is 0.358 e. The van der Waals surface area contributed by atoms with Crippen LogP contribution in [-0.2, 0) is 4.79 Å². The quantitative estimate of drug-likeness (QED) is 0.175. The van der Waals surface area contributed by atoms with Gasteiger partial charge in [0.05, 0.1) is 16.8 Å². The molecule has 0 bridgehead atoms. The number of carbonyl (C=O) groups is 2. The number of nitrogens with one attached hydrogen (secondary N) is 3. The highest BCUT2D eigenvalue weighted by molar-refractivity contribution is 7.13. The summed E-state index contributed by atoms with van der Waals surface area (Å²) in [5.41, 5.74) is 8.07. The Morgan fingerprint density at radius 2 is 1.78 bits per heavy atom. The van der Waals surface area contributed by atoms with Crippen LogP contribution >= 0.6 is 11.3 Å². The van der Waals surface area contributed by atoms with Crippen molar-refractivity contribution < 1.29 is 9.59 Å². The number of thiazole rings is 1. The Morgan fingerprint density at radius 1 is 1.02 bits per heavy atom. The van der Waals surface area contributed by atoms with Gasteiger partial charge < -0.3 is 20.5 Å². The summed E-state index contributed by atoms with van der Waals surface area (Å²) >= 11 is 1.60. The first kappa shape index (κ1) is 28.5. The van der Waals surface area contributed by atoms with Crippen molar-refractivity contribution in [1.82, 2.24) is 20.2 Å². The van der Waals surface area contributed by atoms with Crippen molar-refractivity contribution in [2.24, 2.45) is 0 Å². The number of anilines is 1. The minimum absolute atomic E-state index is 0.0924. The smallest absolute Gasteiger partial charge is 0.256 e. The Kier molecular flexibility index (Phi) is 8.81. The lowest BCUT2D eigenvalue weighted by molar-refractivity contribution is -0.110. The van der Waals surface area contributed by atoms with Gasteiger partial charge in [0.1, 0.15) is 5.01 Å². The zero-order valence-corrected chi connectivity index (χ0v) is 25.0. The summed E-state index contributed by atoms with van der Waals surface area (Å²) in [7, 11) is 0. The molecule has 0 aliphatic carbocycles. The molecule has 3 N–H and O–H groups in total. The van der Waals surface area contributed by atoms with Gasteiger partial charge in [-0.1, -0.05) is 50.2 Å². The topological polar surface area (TPSA) is 90.1 Å². The lowest BCUT2D eigenvalue weighted by Crippen LogP contribution is -2.36. The van der Waals surface area contributed by atoms with E-state index >= 15 is 0 Å². The summed E-state index contributed by atoms with van der Waals surface area (Å²) in [6.07, 6.45) is 4.04. The molecule has 0 saturated heterocycles. The maximum absolute atomic E-state index is 13.1. The molecule has 1 aliphatic rings. The molecule has 0 unspecified atom stereocenters. The van der Waals surface area contributed by atoms with Crippen LogP contribution in [0.4, 0.5) is 5.69 Å². The van der Waals surface area contributed by atoms with Gasteiger partial charge in [0.15, 0.2) is 0 Å². The Morgan fingerprint density at radius 3 is 2.51 bits per heavy atom. The number of carbonyl (C=O) groups excluding carboxylic acids is 2. The molecule has 0 saturated carbocycles. The van der Waals surface area contributed by atoms with Crippen LogP contribution in [0.3, 0.4) is 0 Å². The van der Waals surface area contributed by atoms with Gasteiger partial charge in [-0.3, -0.25) is 9.59 Å². The first-order chi connectivity index (χ1) is 19.9. The minimum Gasteiger partial charge on any atom is -0.358 e. The second-order valence-corrected chi connectivity index (χ2v) is 11.3. The van der Waals surface area contributed by atoms with E-state index in [1.807, 2.05) is 61.7 Å². The third-order valence-corrected chi connectivity index (χ3v) is 8.30. The number of aromatic nitrogens is 2. The van der Waals surface area contributed by atoms with Crippen molar-refractivity contribution in [3.05, 3.63) is 82.0 Å². The normalized spacial score (nSPS) is 13.6. The lowest BCUT2D eigenvalue weighted by Gasteiger charge is -2.21. The van der Waals surface area contributed by atoms with Crippen LogP contribution in [0, 0.1) is 13.8 Å². The highest BCUT2D eigenvalue weighted by Crippen LogP contribution is 2.38. The van der Waals surface area contributed by atoms with E-state index in [-0.39, 0.29) is 11.8 Å². The molecular formula is C33H37N5O2S. The van der Waals surface area contributed by atoms with Gasteiger partial charge >= 0.3 is 0 Å². The van der Waals surface area contributed by atoms with E-state index in [1.165, 1.54) is 0 Å². The Hall–Kier alpha value is -4.01. The summed E-state index contributed by atoms with van der Waals surface area (Å²) in [5, 5.41) is 9.07. The van der Waals surface area contributed by atoms with Crippen molar-refractivity contribution in [3.8, 4) is 21.8 Å². The summed E-state index contributed by atoms with van der Waals surface area (Å²) in [5.74, 6) is -0.254. The van der Waals surface area contributed by atoms with Gasteiger partial charge in [0.2, 0.25) is 0 Å². The summed E-state index contributed by atoms with van der Waals surface area (Å²) in [4.78, 5) is 36.7. The summed E-state index contributed by atoms with van der Waals surface area (Å²) < 4.78 is 0. The third kappa shape index (κ3) is 6.19. The standard InChI is InChI=1S/C33H37N5O2S/c1-5-15-38(16-6-2)17-14-34-32(40)30-21(3)28(35-22(30)4)19-26-25-18-24(12-13-27(25)36-31(26)39)29-20-41-33(37-29)23-10-8-7-9-11-23/h7-13,18-20,35H,5-6,14-17H2,1-4H3,(H,34,40)(H,36,39). The average molecular weight is 568 g/mol. The molecule has 2 amide bonds. The highest BCUT2D eigenvalue weighted by Gasteiger charge is 2.26. The molecule has 2 aromatic heterocycles. The van der Waals surface area contributed by atoms with Crippen molar-refractivity contribution in [2.45, 2.75) is 40.5 Å². The van der Waals surface area contributed by atoms with Crippen LogP contribution in [0.15, 0.2) is 53.9 Å². The number of aryl methyl sites for hydroxylation is 1. The first-order valence-corrected chi connectivity index (χ1v) is 15.2. The van der Waals surface area contributed by atoms with E-state index in [1.54, 1.807) is 11.3 Å². The number of aromatic amines is 1. The zero-order valence-electron chi connectivity index (χ0n) is 24.1. The van der Waals surface area contributed by atoms with Gasteiger partial charge in [-0.15, -0.1) is 11.3 Å².